The van der Waals surface area contributed by atoms with Gasteiger partial charge < -0.3 is 15.4 Å². The zero-order chi connectivity index (χ0) is 20.9. The Bertz CT molecular complexity index is 485. The second kappa shape index (κ2) is 13.7. The van der Waals surface area contributed by atoms with Crippen LogP contribution in [0.1, 0.15) is 79.1 Å². The normalized spacial score (nSPS) is 20.6. The van der Waals surface area contributed by atoms with Gasteiger partial charge in [0.05, 0.1) is 6.61 Å². The molecule has 0 saturated heterocycles. The number of amides is 2. The highest BCUT2D eigenvalue weighted by atomic mass is 16.5. The van der Waals surface area contributed by atoms with E-state index in [2.05, 4.69) is 24.5 Å². The van der Waals surface area contributed by atoms with E-state index in [0.29, 0.717) is 44.3 Å². The maximum absolute atomic E-state index is 12.0. The zero-order valence-electron chi connectivity index (χ0n) is 18.2. The summed E-state index contributed by atoms with van der Waals surface area (Å²) in [6.45, 7) is 9.62. The molecular weight excluding hydrogens is 356 g/mol. The molecule has 6 heteroatoms. The quantitative estimate of drug-likeness (QED) is 0.468. The molecule has 0 aliphatic heterocycles. The minimum Gasteiger partial charge on any atom is -0.381 e. The molecule has 1 aliphatic carbocycles. The van der Waals surface area contributed by atoms with Crippen molar-refractivity contribution in [3.63, 3.8) is 0 Å². The number of nitrogens with one attached hydrogen (secondary N) is 2. The lowest BCUT2D eigenvalue weighted by Gasteiger charge is -2.29. The Hall–Kier alpha value is -1.43. The van der Waals surface area contributed by atoms with E-state index in [9.17, 15) is 14.4 Å². The number of rotatable bonds is 13. The van der Waals surface area contributed by atoms with Gasteiger partial charge in [0.15, 0.2) is 0 Å². The Labute approximate surface area is 170 Å². The number of Topliss-reactive ketones (excluding diaryl/α,β-unsaturated/α-hetero) is 1. The molecule has 1 unspecified atom stereocenters. The molecule has 162 valence electrons. The van der Waals surface area contributed by atoms with Crippen LogP contribution >= 0.6 is 0 Å². The molecule has 1 fully saturated rings. The maximum atomic E-state index is 12.0. The summed E-state index contributed by atoms with van der Waals surface area (Å²) in [5.74, 6) is 1.15. The van der Waals surface area contributed by atoms with Crippen LogP contribution in [-0.4, -0.2) is 43.4 Å². The van der Waals surface area contributed by atoms with E-state index < -0.39 is 0 Å². The van der Waals surface area contributed by atoms with Gasteiger partial charge in [-0.1, -0.05) is 34.1 Å². The van der Waals surface area contributed by atoms with Crippen LogP contribution < -0.4 is 10.6 Å². The van der Waals surface area contributed by atoms with E-state index in [1.165, 1.54) is 0 Å². The lowest BCUT2D eigenvalue weighted by molar-refractivity contribution is -0.127. The topological polar surface area (TPSA) is 84.5 Å². The molecule has 6 nitrogen and oxygen atoms in total. The van der Waals surface area contributed by atoms with Crippen molar-refractivity contribution in [3.8, 4) is 0 Å². The van der Waals surface area contributed by atoms with Crippen LogP contribution in [0, 0.1) is 17.8 Å². The van der Waals surface area contributed by atoms with Crippen molar-refractivity contribution in [1.82, 2.24) is 10.6 Å². The van der Waals surface area contributed by atoms with Gasteiger partial charge in [0.2, 0.25) is 11.8 Å². The molecule has 1 rings (SSSR count). The van der Waals surface area contributed by atoms with Crippen LogP contribution in [0.2, 0.25) is 0 Å². The summed E-state index contributed by atoms with van der Waals surface area (Å²) in [5, 5.41) is 5.96. The van der Waals surface area contributed by atoms with Crippen LogP contribution in [0.4, 0.5) is 0 Å². The van der Waals surface area contributed by atoms with Crippen molar-refractivity contribution < 1.29 is 19.1 Å². The number of ketones is 1. The van der Waals surface area contributed by atoms with Gasteiger partial charge in [-0.3, -0.25) is 14.4 Å². The molecule has 0 bridgehead atoms. The summed E-state index contributed by atoms with van der Waals surface area (Å²) in [6, 6.07) is 0.185. The lowest BCUT2D eigenvalue weighted by atomic mass is 9.80. The highest BCUT2D eigenvalue weighted by Gasteiger charge is 2.28. The first kappa shape index (κ1) is 24.6. The van der Waals surface area contributed by atoms with Crippen molar-refractivity contribution in [1.29, 1.82) is 0 Å². The Balaban J connectivity index is 2.02. The molecule has 1 saturated carbocycles. The molecule has 0 aromatic rings. The Morgan fingerprint density at radius 2 is 1.68 bits per heavy atom. The number of carbonyl (C=O) groups excluding carboxylic acids is 3. The summed E-state index contributed by atoms with van der Waals surface area (Å²) < 4.78 is 5.50. The van der Waals surface area contributed by atoms with Crippen LogP contribution in [0.3, 0.4) is 0 Å². The van der Waals surface area contributed by atoms with Gasteiger partial charge in [0.25, 0.3) is 0 Å². The van der Waals surface area contributed by atoms with Gasteiger partial charge in [-0.05, 0) is 38.0 Å². The third-order valence-corrected chi connectivity index (χ3v) is 5.56. The molecule has 28 heavy (non-hydrogen) atoms. The number of hydrogen-bond donors (Lipinski definition) is 2. The fraction of sp³-hybridized carbons (Fsp3) is 0.864. The SMILES string of the molecule is CCC(C)CC(=O)NCCCOCCC(=O)NC1CCC(C(=O)C(C)C)CC1. The Morgan fingerprint density at radius 1 is 1.00 bits per heavy atom. The van der Waals surface area contributed by atoms with Crippen molar-refractivity contribution >= 4 is 17.6 Å². The van der Waals surface area contributed by atoms with Crippen LogP contribution in [0.25, 0.3) is 0 Å². The fourth-order valence-electron chi connectivity index (χ4n) is 3.50. The van der Waals surface area contributed by atoms with E-state index in [0.717, 1.165) is 38.5 Å². The molecule has 0 radical (unpaired) electrons. The van der Waals surface area contributed by atoms with Crippen molar-refractivity contribution in [3.05, 3.63) is 0 Å². The van der Waals surface area contributed by atoms with Crippen molar-refractivity contribution in [2.45, 2.75) is 85.1 Å². The average molecular weight is 397 g/mol. The van der Waals surface area contributed by atoms with Crippen LogP contribution in [-0.2, 0) is 19.1 Å². The molecule has 2 N–H and O–H groups in total. The summed E-state index contributed by atoms with van der Waals surface area (Å²) in [7, 11) is 0. The van der Waals surface area contributed by atoms with Crippen LogP contribution in [0.5, 0.6) is 0 Å². The fourth-order valence-corrected chi connectivity index (χ4v) is 3.50. The Morgan fingerprint density at radius 3 is 2.29 bits per heavy atom. The molecular formula is C22H40N2O4. The Kier molecular flexibility index (Phi) is 12.0. The smallest absolute Gasteiger partial charge is 0.222 e. The first-order chi connectivity index (χ1) is 13.3. The average Bonchev–Trinajstić information content (AvgIpc) is 2.67. The van der Waals surface area contributed by atoms with E-state index in [1.807, 2.05) is 13.8 Å². The second-order valence-corrected chi connectivity index (χ2v) is 8.46. The monoisotopic (exact) mass is 396 g/mol. The van der Waals surface area contributed by atoms with Gasteiger partial charge in [0, 0.05) is 43.9 Å². The van der Waals surface area contributed by atoms with Crippen molar-refractivity contribution in [2.24, 2.45) is 17.8 Å². The third kappa shape index (κ3) is 10.2. The standard InChI is InChI=1S/C22H40N2O4/c1-5-17(4)15-21(26)23-12-6-13-28-14-11-20(25)24-19-9-7-18(8-10-19)22(27)16(2)3/h16-19H,5-15H2,1-4H3,(H,23,26)(H,24,25). The number of hydrogen-bond acceptors (Lipinski definition) is 4. The summed E-state index contributed by atoms with van der Waals surface area (Å²) in [5.41, 5.74) is 0. The third-order valence-electron chi connectivity index (χ3n) is 5.56. The van der Waals surface area contributed by atoms with E-state index in [4.69, 9.17) is 4.74 Å². The minimum atomic E-state index is 0.0143. The van der Waals surface area contributed by atoms with Gasteiger partial charge in [-0.25, -0.2) is 0 Å². The lowest BCUT2D eigenvalue weighted by Crippen LogP contribution is -2.39. The van der Waals surface area contributed by atoms with E-state index in [1.54, 1.807) is 0 Å². The first-order valence-corrected chi connectivity index (χ1v) is 11.0. The predicted octanol–water partition coefficient (Wildman–Crippen LogP) is 3.24. The zero-order valence-corrected chi connectivity index (χ0v) is 18.2. The molecule has 0 heterocycles. The molecule has 1 aliphatic rings. The molecule has 0 aromatic heterocycles. The maximum Gasteiger partial charge on any atom is 0.222 e. The molecule has 1 atom stereocenters. The van der Waals surface area contributed by atoms with Gasteiger partial charge in [-0.15, -0.1) is 0 Å². The first-order valence-electron chi connectivity index (χ1n) is 11.0. The van der Waals surface area contributed by atoms with E-state index >= 15 is 0 Å². The highest BCUT2D eigenvalue weighted by Crippen LogP contribution is 2.27. The number of ether oxygens (including phenoxy) is 1. The predicted molar refractivity (Wildman–Crippen MR) is 111 cm³/mol. The highest BCUT2D eigenvalue weighted by molar-refractivity contribution is 5.83. The van der Waals surface area contributed by atoms with Gasteiger partial charge in [0.1, 0.15) is 5.78 Å². The largest absolute Gasteiger partial charge is 0.381 e. The minimum absolute atomic E-state index is 0.0143. The molecule has 0 aromatic carbocycles. The molecule has 2 amide bonds. The summed E-state index contributed by atoms with van der Waals surface area (Å²) in [4.78, 5) is 35.7. The summed E-state index contributed by atoms with van der Waals surface area (Å²) in [6.07, 6.45) is 6.20. The van der Waals surface area contributed by atoms with Gasteiger partial charge >= 0.3 is 0 Å². The van der Waals surface area contributed by atoms with Gasteiger partial charge in [-0.2, -0.15) is 0 Å². The van der Waals surface area contributed by atoms with E-state index in [-0.39, 0.29) is 29.7 Å². The van der Waals surface area contributed by atoms with Crippen LogP contribution in [0.15, 0.2) is 0 Å². The van der Waals surface area contributed by atoms with Crippen molar-refractivity contribution in [2.75, 3.05) is 19.8 Å². The number of carbonyl (C=O) groups is 3. The second-order valence-electron chi connectivity index (χ2n) is 8.46. The summed E-state index contributed by atoms with van der Waals surface area (Å²) >= 11 is 0. The molecule has 0 spiro atoms.